The average Bonchev–Trinajstić information content (AvgIpc) is 3.43. The van der Waals surface area contributed by atoms with Crippen LogP contribution in [0.25, 0.3) is 11.0 Å². The quantitative estimate of drug-likeness (QED) is 0.531. The van der Waals surface area contributed by atoms with Gasteiger partial charge in [0, 0.05) is 18.2 Å². The summed E-state index contributed by atoms with van der Waals surface area (Å²) in [5.74, 6) is 0.480. The zero-order valence-corrected chi connectivity index (χ0v) is 17.7. The number of hydrogen-bond donors (Lipinski definition) is 3. The Kier molecular flexibility index (Phi) is 5.17. The Morgan fingerprint density at radius 3 is 2.90 bits per heavy atom. The molecule has 0 unspecified atom stereocenters. The van der Waals surface area contributed by atoms with Gasteiger partial charge >= 0.3 is 10.3 Å². The second-order valence-corrected chi connectivity index (χ2v) is 9.57. The number of fused-ring (bicyclic) bond motifs is 2. The average molecular weight is 444 g/mol. The van der Waals surface area contributed by atoms with Crippen LogP contribution in [0, 0.1) is 5.92 Å². The zero-order valence-electron chi connectivity index (χ0n) is 16.9. The summed E-state index contributed by atoms with van der Waals surface area (Å²) in [5.41, 5.74) is 3.47. The SMILES string of the molecule is NS(=O)(=O)OC[C@H]1C[C@H](n2ccc3c(N[C@@H]4CCc5ccccc54)ncnc32)C[C@H]1O. The van der Waals surface area contributed by atoms with Gasteiger partial charge in [0.1, 0.15) is 17.8 Å². The van der Waals surface area contributed by atoms with Crippen LogP contribution >= 0.6 is 0 Å². The van der Waals surface area contributed by atoms with Crippen molar-refractivity contribution in [2.75, 3.05) is 11.9 Å². The van der Waals surface area contributed by atoms with E-state index in [4.69, 9.17) is 9.32 Å². The molecule has 4 atom stereocenters. The van der Waals surface area contributed by atoms with E-state index in [1.807, 2.05) is 16.8 Å². The molecule has 5 rings (SSSR count). The van der Waals surface area contributed by atoms with E-state index in [2.05, 4.69) is 39.6 Å². The number of benzene rings is 1. The highest BCUT2D eigenvalue weighted by Gasteiger charge is 2.35. The molecule has 1 aromatic carbocycles. The summed E-state index contributed by atoms with van der Waals surface area (Å²) in [6.45, 7) is -0.126. The van der Waals surface area contributed by atoms with Crippen LogP contribution < -0.4 is 10.5 Å². The minimum atomic E-state index is -4.03. The van der Waals surface area contributed by atoms with Crippen molar-refractivity contribution < 1.29 is 17.7 Å². The summed E-state index contributed by atoms with van der Waals surface area (Å²) in [6, 6.07) is 10.6. The Balaban J connectivity index is 1.37. The molecule has 2 aliphatic carbocycles. The van der Waals surface area contributed by atoms with E-state index in [-0.39, 0.29) is 24.6 Å². The Morgan fingerprint density at radius 2 is 2.06 bits per heavy atom. The second-order valence-electron chi connectivity index (χ2n) is 8.35. The molecule has 3 aromatic rings. The molecule has 1 fully saturated rings. The lowest BCUT2D eigenvalue weighted by Gasteiger charge is -2.16. The van der Waals surface area contributed by atoms with Crippen LogP contribution in [0.4, 0.5) is 5.82 Å². The van der Waals surface area contributed by atoms with E-state index in [1.54, 1.807) is 6.33 Å². The van der Waals surface area contributed by atoms with E-state index in [0.29, 0.717) is 12.8 Å². The summed E-state index contributed by atoms with van der Waals surface area (Å²) in [7, 11) is -4.03. The van der Waals surface area contributed by atoms with Gasteiger partial charge in [0.05, 0.1) is 24.1 Å². The van der Waals surface area contributed by atoms with Crippen molar-refractivity contribution in [2.24, 2.45) is 11.1 Å². The summed E-state index contributed by atoms with van der Waals surface area (Å²) < 4.78 is 28.9. The first-order chi connectivity index (χ1) is 14.9. The third kappa shape index (κ3) is 4.03. The van der Waals surface area contributed by atoms with Crippen LogP contribution in [0.5, 0.6) is 0 Å². The highest BCUT2D eigenvalue weighted by molar-refractivity contribution is 7.84. The van der Waals surface area contributed by atoms with Crippen molar-refractivity contribution in [3.05, 3.63) is 54.0 Å². The number of aryl methyl sites for hydroxylation is 1. The monoisotopic (exact) mass is 443 g/mol. The third-order valence-corrected chi connectivity index (χ3v) is 6.89. The molecule has 2 aromatic heterocycles. The van der Waals surface area contributed by atoms with Crippen molar-refractivity contribution in [3.63, 3.8) is 0 Å². The first-order valence-electron chi connectivity index (χ1n) is 10.4. The van der Waals surface area contributed by atoms with E-state index >= 15 is 0 Å². The highest BCUT2D eigenvalue weighted by atomic mass is 32.2. The van der Waals surface area contributed by atoms with Gasteiger partial charge in [0.2, 0.25) is 0 Å². The normalized spacial score (nSPS) is 25.7. The molecule has 0 bridgehead atoms. The summed E-state index contributed by atoms with van der Waals surface area (Å²) in [5, 5.41) is 19.8. The van der Waals surface area contributed by atoms with Gasteiger partial charge in [0.25, 0.3) is 0 Å². The van der Waals surface area contributed by atoms with Crippen LogP contribution in [0.15, 0.2) is 42.9 Å². The number of aliphatic hydroxyl groups is 1. The highest BCUT2D eigenvalue weighted by Crippen LogP contribution is 2.39. The molecular formula is C21H25N5O4S. The van der Waals surface area contributed by atoms with E-state index in [9.17, 15) is 13.5 Å². The second kappa shape index (κ2) is 7.86. The van der Waals surface area contributed by atoms with Gasteiger partial charge in [-0.25, -0.2) is 15.1 Å². The van der Waals surface area contributed by atoms with Crippen molar-refractivity contribution in [3.8, 4) is 0 Å². The van der Waals surface area contributed by atoms with Crippen LogP contribution in [-0.4, -0.2) is 40.8 Å². The van der Waals surface area contributed by atoms with Gasteiger partial charge in [0.15, 0.2) is 0 Å². The molecule has 0 spiro atoms. The third-order valence-electron chi connectivity index (χ3n) is 6.43. The molecule has 0 saturated heterocycles. The molecule has 0 radical (unpaired) electrons. The number of anilines is 1. The molecule has 164 valence electrons. The summed E-state index contributed by atoms with van der Waals surface area (Å²) in [6.07, 6.45) is 5.96. The minimum Gasteiger partial charge on any atom is -0.393 e. The number of rotatable bonds is 6. The van der Waals surface area contributed by atoms with Crippen molar-refractivity contribution in [1.29, 1.82) is 0 Å². The van der Waals surface area contributed by atoms with E-state index in [1.165, 1.54) is 11.1 Å². The fourth-order valence-corrected chi connectivity index (χ4v) is 5.28. The lowest BCUT2D eigenvalue weighted by atomic mass is 10.1. The number of nitrogens with two attached hydrogens (primary N) is 1. The van der Waals surface area contributed by atoms with Gasteiger partial charge in [-0.05, 0) is 42.9 Å². The Morgan fingerprint density at radius 1 is 1.23 bits per heavy atom. The molecule has 2 aliphatic rings. The molecule has 4 N–H and O–H groups in total. The predicted octanol–water partition coefficient (Wildman–Crippen LogP) is 2.06. The summed E-state index contributed by atoms with van der Waals surface area (Å²) in [4.78, 5) is 8.97. The van der Waals surface area contributed by atoms with Gasteiger partial charge in [-0.15, -0.1) is 0 Å². The molecule has 10 heteroatoms. The number of nitrogens with zero attached hydrogens (tertiary/aromatic N) is 3. The van der Waals surface area contributed by atoms with E-state index in [0.717, 1.165) is 29.7 Å². The Bertz CT molecular complexity index is 1210. The lowest BCUT2D eigenvalue weighted by Crippen LogP contribution is -2.24. The zero-order chi connectivity index (χ0) is 21.6. The van der Waals surface area contributed by atoms with Crippen LogP contribution in [0.2, 0.25) is 0 Å². The fraction of sp³-hybridized carbons (Fsp3) is 0.429. The maximum Gasteiger partial charge on any atom is 0.333 e. The molecule has 31 heavy (non-hydrogen) atoms. The number of nitrogens with one attached hydrogen (secondary N) is 1. The van der Waals surface area contributed by atoms with Crippen molar-refractivity contribution >= 4 is 27.2 Å². The van der Waals surface area contributed by atoms with Gasteiger partial charge in [-0.1, -0.05) is 24.3 Å². The van der Waals surface area contributed by atoms with Crippen LogP contribution in [-0.2, 0) is 20.9 Å². The Hall–Kier alpha value is -2.53. The number of hydrogen-bond acceptors (Lipinski definition) is 7. The largest absolute Gasteiger partial charge is 0.393 e. The van der Waals surface area contributed by atoms with Crippen molar-refractivity contribution in [2.45, 2.75) is 43.9 Å². The molecule has 9 nitrogen and oxygen atoms in total. The molecule has 0 amide bonds. The van der Waals surface area contributed by atoms with Crippen molar-refractivity contribution in [1.82, 2.24) is 14.5 Å². The molecule has 2 heterocycles. The lowest BCUT2D eigenvalue weighted by molar-refractivity contribution is 0.100. The minimum absolute atomic E-state index is 0.0171. The van der Waals surface area contributed by atoms with Gasteiger partial charge in [-0.2, -0.15) is 8.42 Å². The van der Waals surface area contributed by atoms with Crippen LogP contribution in [0.1, 0.15) is 42.5 Å². The van der Waals surface area contributed by atoms with E-state index < -0.39 is 16.4 Å². The molecular weight excluding hydrogens is 418 g/mol. The maximum absolute atomic E-state index is 11.1. The maximum atomic E-state index is 11.1. The Labute approximate surface area is 180 Å². The molecule has 0 aliphatic heterocycles. The molecule has 1 saturated carbocycles. The first-order valence-corrected chi connectivity index (χ1v) is 11.9. The standard InChI is InChI=1S/C21H25N5O4S/c22-31(28,29)30-11-14-9-15(10-19(14)27)26-8-7-17-20(23-12-24-21(17)26)25-18-6-5-13-3-1-2-4-16(13)18/h1-4,7-8,12,14-15,18-19,27H,5-6,9-11H2,(H2,22,28,29)(H,23,24,25)/t14-,15+,18-,19-/m1/s1. The smallest absolute Gasteiger partial charge is 0.333 e. The fourth-order valence-electron chi connectivity index (χ4n) is 4.92. The number of aliphatic hydroxyl groups excluding tert-OH is 1. The van der Waals surface area contributed by atoms with Crippen LogP contribution in [0.3, 0.4) is 0 Å². The van der Waals surface area contributed by atoms with Gasteiger partial charge < -0.3 is 15.0 Å². The summed E-state index contributed by atoms with van der Waals surface area (Å²) >= 11 is 0. The number of aromatic nitrogens is 3. The van der Waals surface area contributed by atoms with Gasteiger partial charge in [-0.3, -0.25) is 4.18 Å². The topological polar surface area (TPSA) is 132 Å². The predicted molar refractivity (Wildman–Crippen MR) is 115 cm³/mol. The first kappa shape index (κ1) is 20.4.